The van der Waals surface area contributed by atoms with E-state index in [0.29, 0.717) is 0 Å². The molecular formula is C12H13BrN2OS. The summed E-state index contributed by atoms with van der Waals surface area (Å²) in [6.07, 6.45) is 0. The average Bonchev–Trinajstić information content (AvgIpc) is 2.77. The largest absolute Gasteiger partial charge is 0.496 e. The molecule has 1 aromatic carbocycles. The van der Waals surface area contributed by atoms with E-state index in [1.54, 1.807) is 18.4 Å². The lowest BCUT2D eigenvalue weighted by Gasteiger charge is -2.17. The molecule has 0 fully saturated rings. The Morgan fingerprint density at radius 2 is 2.18 bits per heavy atom. The fraction of sp³-hybridized carbons (Fsp3) is 0.167. The van der Waals surface area contributed by atoms with Crippen molar-refractivity contribution < 1.29 is 4.74 Å². The van der Waals surface area contributed by atoms with Crippen LogP contribution in [0.2, 0.25) is 0 Å². The first kappa shape index (κ1) is 12.6. The molecule has 2 aromatic rings. The van der Waals surface area contributed by atoms with Gasteiger partial charge in [-0.2, -0.15) is 0 Å². The fourth-order valence-corrected chi connectivity index (χ4v) is 3.23. The maximum atomic E-state index is 5.66. The molecule has 3 nitrogen and oxygen atoms in total. The average molecular weight is 313 g/mol. The number of rotatable bonds is 4. The Hall–Kier alpha value is -0.880. The Morgan fingerprint density at radius 1 is 1.41 bits per heavy atom. The van der Waals surface area contributed by atoms with Gasteiger partial charge in [-0.3, -0.25) is 5.84 Å². The van der Waals surface area contributed by atoms with Gasteiger partial charge in [-0.1, -0.05) is 18.2 Å². The molecule has 0 aliphatic heterocycles. The molecule has 5 heteroatoms. The fourth-order valence-electron chi connectivity index (χ4n) is 1.71. The summed E-state index contributed by atoms with van der Waals surface area (Å²) < 4.78 is 6.42. The molecule has 1 aromatic heterocycles. The van der Waals surface area contributed by atoms with Gasteiger partial charge in [0.1, 0.15) is 5.75 Å². The molecule has 2 rings (SSSR count). The zero-order chi connectivity index (χ0) is 12.3. The minimum atomic E-state index is -0.0533. The summed E-state index contributed by atoms with van der Waals surface area (Å²) in [6.45, 7) is 0. The van der Waals surface area contributed by atoms with E-state index in [1.165, 1.54) is 0 Å². The van der Waals surface area contributed by atoms with Crippen LogP contribution >= 0.6 is 27.3 Å². The third-order valence-corrected chi connectivity index (χ3v) is 4.25. The van der Waals surface area contributed by atoms with Gasteiger partial charge in [-0.25, -0.2) is 5.43 Å². The second-order valence-electron chi connectivity index (χ2n) is 3.51. The molecule has 1 atom stereocenters. The molecule has 0 spiro atoms. The third-order valence-electron chi connectivity index (χ3n) is 2.49. The number of hydrogen-bond acceptors (Lipinski definition) is 4. The standard InChI is InChI=1S/C12H13BrN2OS/c1-16-10-5-3-2-4-9(10)12(15-14)11-6-8(13)7-17-11/h2-7,12,15H,14H2,1H3. The van der Waals surface area contributed by atoms with Crippen molar-refractivity contribution in [3.8, 4) is 5.75 Å². The van der Waals surface area contributed by atoms with Gasteiger partial charge in [-0.05, 0) is 28.1 Å². The van der Waals surface area contributed by atoms with Crippen LogP contribution in [0.15, 0.2) is 40.2 Å². The highest BCUT2D eigenvalue weighted by atomic mass is 79.9. The number of para-hydroxylation sites is 1. The van der Waals surface area contributed by atoms with Crippen LogP contribution in [0.5, 0.6) is 5.75 Å². The van der Waals surface area contributed by atoms with Gasteiger partial charge in [0, 0.05) is 20.3 Å². The number of halogens is 1. The van der Waals surface area contributed by atoms with Crippen LogP contribution in [-0.2, 0) is 0 Å². The van der Waals surface area contributed by atoms with Gasteiger partial charge in [0.05, 0.1) is 13.2 Å². The third kappa shape index (κ3) is 2.69. The molecule has 90 valence electrons. The highest BCUT2D eigenvalue weighted by Gasteiger charge is 2.17. The lowest BCUT2D eigenvalue weighted by atomic mass is 10.0. The number of nitrogens with one attached hydrogen (secondary N) is 1. The van der Waals surface area contributed by atoms with E-state index in [9.17, 15) is 0 Å². The van der Waals surface area contributed by atoms with E-state index >= 15 is 0 Å². The van der Waals surface area contributed by atoms with Crippen molar-refractivity contribution in [2.75, 3.05) is 7.11 Å². The van der Waals surface area contributed by atoms with Crippen molar-refractivity contribution in [3.05, 3.63) is 50.6 Å². The van der Waals surface area contributed by atoms with Gasteiger partial charge >= 0.3 is 0 Å². The van der Waals surface area contributed by atoms with Crippen LogP contribution in [-0.4, -0.2) is 7.11 Å². The number of ether oxygens (including phenoxy) is 1. The molecule has 1 heterocycles. The summed E-state index contributed by atoms with van der Waals surface area (Å²) >= 11 is 5.10. The van der Waals surface area contributed by atoms with Gasteiger partial charge < -0.3 is 4.74 Å². The zero-order valence-electron chi connectivity index (χ0n) is 9.31. The minimum Gasteiger partial charge on any atom is -0.496 e. The van der Waals surface area contributed by atoms with Crippen LogP contribution in [0.25, 0.3) is 0 Å². The first-order valence-corrected chi connectivity index (χ1v) is 6.76. The second kappa shape index (κ2) is 5.64. The monoisotopic (exact) mass is 312 g/mol. The first-order valence-electron chi connectivity index (χ1n) is 5.09. The molecule has 0 bridgehead atoms. The maximum absolute atomic E-state index is 5.66. The number of hydrogen-bond donors (Lipinski definition) is 2. The van der Waals surface area contributed by atoms with Crippen LogP contribution < -0.4 is 16.0 Å². The molecule has 3 N–H and O–H groups in total. The SMILES string of the molecule is COc1ccccc1C(NN)c1cc(Br)cs1. The molecule has 1 unspecified atom stereocenters. The van der Waals surface area contributed by atoms with E-state index in [2.05, 4.69) is 27.4 Å². The topological polar surface area (TPSA) is 47.3 Å². The van der Waals surface area contributed by atoms with Crippen molar-refractivity contribution in [2.24, 2.45) is 5.84 Å². The van der Waals surface area contributed by atoms with Gasteiger partial charge in [-0.15, -0.1) is 11.3 Å². The van der Waals surface area contributed by atoms with Crippen LogP contribution in [0.3, 0.4) is 0 Å². The molecule has 17 heavy (non-hydrogen) atoms. The summed E-state index contributed by atoms with van der Waals surface area (Å²) in [7, 11) is 1.66. The Balaban J connectivity index is 2.41. The normalized spacial score (nSPS) is 12.4. The van der Waals surface area contributed by atoms with Gasteiger partial charge in [0.25, 0.3) is 0 Å². The first-order chi connectivity index (χ1) is 8.26. The maximum Gasteiger partial charge on any atom is 0.124 e. The highest BCUT2D eigenvalue weighted by molar-refractivity contribution is 9.10. The lowest BCUT2D eigenvalue weighted by Crippen LogP contribution is -2.28. The molecule has 0 saturated heterocycles. The predicted molar refractivity (Wildman–Crippen MR) is 74.2 cm³/mol. The van der Waals surface area contributed by atoms with Crippen molar-refractivity contribution >= 4 is 27.3 Å². The Morgan fingerprint density at radius 3 is 2.76 bits per heavy atom. The molecular weight excluding hydrogens is 300 g/mol. The van der Waals surface area contributed by atoms with E-state index < -0.39 is 0 Å². The number of nitrogens with two attached hydrogens (primary N) is 1. The van der Waals surface area contributed by atoms with E-state index in [-0.39, 0.29) is 6.04 Å². The number of benzene rings is 1. The predicted octanol–water partition coefficient (Wildman–Crippen LogP) is 3.07. The Bertz CT molecular complexity index is 501. The van der Waals surface area contributed by atoms with E-state index in [0.717, 1.165) is 20.7 Å². The molecule has 0 radical (unpaired) electrons. The molecule has 0 aliphatic carbocycles. The molecule has 0 amide bonds. The van der Waals surface area contributed by atoms with Crippen molar-refractivity contribution in [1.82, 2.24) is 5.43 Å². The van der Waals surface area contributed by atoms with Crippen molar-refractivity contribution in [3.63, 3.8) is 0 Å². The summed E-state index contributed by atoms with van der Waals surface area (Å²) in [5.41, 5.74) is 3.87. The highest BCUT2D eigenvalue weighted by Crippen LogP contribution is 2.33. The number of thiophene rings is 1. The smallest absolute Gasteiger partial charge is 0.124 e. The molecule has 0 aliphatic rings. The number of hydrazine groups is 1. The van der Waals surface area contributed by atoms with Gasteiger partial charge in [0.2, 0.25) is 0 Å². The lowest BCUT2D eigenvalue weighted by molar-refractivity contribution is 0.404. The second-order valence-corrected chi connectivity index (χ2v) is 5.37. The zero-order valence-corrected chi connectivity index (χ0v) is 11.7. The van der Waals surface area contributed by atoms with E-state index in [4.69, 9.17) is 10.6 Å². The van der Waals surface area contributed by atoms with E-state index in [1.807, 2.05) is 29.6 Å². The summed E-state index contributed by atoms with van der Waals surface area (Å²) in [5.74, 6) is 6.49. The van der Waals surface area contributed by atoms with Crippen LogP contribution in [0, 0.1) is 0 Å². The van der Waals surface area contributed by atoms with Crippen LogP contribution in [0.1, 0.15) is 16.5 Å². The number of methoxy groups -OCH3 is 1. The quantitative estimate of drug-likeness (QED) is 0.674. The summed E-state index contributed by atoms with van der Waals surface area (Å²) in [4.78, 5) is 1.14. The van der Waals surface area contributed by atoms with Crippen molar-refractivity contribution in [2.45, 2.75) is 6.04 Å². The summed E-state index contributed by atoms with van der Waals surface area (Å²) in [5, 5.41) is 2.04. The van der Waals surface area contributed by atoms with Crippen LogP contribution in [0.4, 0.5) is 0 Å². The minimum absolute atomic E-state index is 0.0533. The molecule has 0 saturated carbocycles. The van der Waals surface area contributed by atoms with Gasteiger partial charge in [0.15, 0.2) is 0 Å². The Labute approximate surface area is 113 Å². The summed E-state index contributed by atoms with van der Waals surface area (Å²) in [6, 6.07) is 9.87. The van der Waals surface area contributed by atoms with Crippen molar-refractivity contribution in [1.29, 1.82) is 0 Å². The Kier molecular flexibility index (Phi) is 4.17.